The molecule has 1 heterocycles. The Morgan fingerprint density at radius 2 is 2.21 bits per heavy atom. The van der Waals surface area contributed by atoms with Gasteiger partial charge in [0.05, 0.1) is 17.2 Å². The molecule has 1 N–H and O–H groups in total. The standard InChI is InChI=1S/C10H18BrN3/c1-8(2)4-12-9(3)6-14-7-10(11)5-13-14/h5,7-9,12H,4,6H2,1-3H3. The molecule has 1 atom stereocenters. The number of aromatic nitrogens is 2. The van der Waals surface area contributed by atoms with Gasteiger partial charge in [0.2, 0.25) is 0 Å². The Hall–Kier alpha value is -0.350. The van der Waals surface area contributed by atoms with Crippen LogP contribution in [-0.2, 0) is 6.54 Å². The first-order valence-corrected chi connectivity index (χ1v) is 5.78. The highest BCUT2D eigenvalue weighted by Gasteiger charge is 2.04. The minimum absolute atomic E-state index is 0.462. The Labute approximate surface area is 94.0 Å². The molecule has 0 amide bonds. The number of halogens is 1. The Kier molecular flexibility index (Phi) is 4.62. The Morgan fingerprint density at radius 3 is 2.71 bits per heavy atom. The zero-order valence-corrected chi connectivity index (χ0v) is 10.6. The zero-order chi connectivity index (χ0) is 10.6. The molecule has 1 unspecified atom stereocenters. The van der Waals surface area contributed by atoms with Crippen LogP contribution in [0, 0.1) is 5.92 Å². The van der Waals surface area contributed by atoms with Crippen LogP contribution in [0.25, 0.3) is 0 Å². The van der Waals surface area contributed by atoms with Crippen molar-refractivity contribution in [3.63, 3.8) is 0 Å². The van der Waals surface area contributed by atoms with Crippen LogP contribution in [0.2, 0.25) is 0 Å². The van der Waals surface area contributed by atoms with Crippen LogP contribution in [0.4, 0.5) is 0 Å². The SMILES string of the molecule is CC(C)CNC(C)Cn1cc(Br)cn1. The van der Waals surface area contributed by atoms with Gasteiger partial charge in [-0.15, -0.1) is 0 Å². The third-order valence-corrected chi connectivity index (χ3v) is 2.35. The highest BCUT2D eigenvalue weighted by atomic mass is 79.9. The van der Waals surface area contributed by atoms with E-state index < -0.39 is 0 Å². The van der Waals surface area contributed by atoms with Crippen molar-refractivity contribution in [1.82, 2.24) is 15.1 Å². The molecule has 0 saturated heterocycles. The molecule has 0 radical (unpaired) electrons. The number of rotatable bonds is 5. The van der Waals surface area contributed by atoms with Crippen molar-refractivity contribution in [2.45, 2.75) is 33.4 Å². The number of nitrogens with zero attached hydrogens (tertiary/aromatic N) is 2. The molecule has 0 spiro atoms. The molecule has 0 bridgehead atoms. The number of hydrogen-bond acceptors (Lipinski definition) is 2. The molecule has 0 aliphatic rings. The smallest absolute Gasteiger partial charge is 0.0632 e. The summed E-state index contributed by atoms with van der Waals surface area (Å²) in [5, 5.41) is 7.68. The summed E-state index contributed by atoms with van der Waals surface area (Å²) in [5.74, 6) is 0.696. The fourth-order valence-corrected chi connectivity index (χ4v) is 1.55. The summed E-state index contributed by atoms with van der Waals surface area (Å²) in [4.78, 5) is 0. The maximum absolute atomic E-state index is 4.21. The average Bonchev–Trinajstić information content (AvgIpc) is 2.48. The van der Waals surface area contributed by atoms with E-state index in [0.29, 0.717) is 12.0 Å². The van der Waals surface area contributed by atoms with Gasteiger partial charge in [-0.2, -0.15) is 5.10 Å². The van der Waals surface area contributed by atoms with Crippen LogP contribution >= 0.6 is 15.9 Å². The quantitative estimate of drug-likeness (QED) is 0.880. The molecule has 0 saturated carbocycles. The molecule has 1 rings (SSSR count). The van der Waals surface area contributed by atoms with Crippen LogP contribution in [-0.4, -0.2) is 22.4 Å². The lowest BCUT2D eigenvalue weighted by atomic mass is 10.2. The maximum atomic E-state index is 4.21. The van der Waals surface area contributed by atoms with Gasteiger partial charge in [-0.05, 0) is 35.3 Å². The molecular formula is C10H18BrN3. The first kappa shape index (κ1) is 11.7. The first-order chi connectivity index (χ1) is 6.58. The highest BCUT2D eigenvalue weighted by Crippen LogP contribution is 2.06. The van der Waals surface area contributed by atoms with Crippen LogP contribution in [0.5, 0.6) is 0 Å². The van der Waals surface area contributed by atoms with Gasteiger partial charge in [0.25, 0.3) is 0 Å². The second-order valence-electron chi connectivity index (χ2n) is 4.08. The fraction of sp³-hybridized carbons (Fsp3) is 0.700. The molecule has 0 aliphatic heterocycles. The molecule has 80 valence electrons. The Balaban J connectivity index is 2.30. The van der Waals surface area contributed by atoms with Crippen LogP contribution in [0.1, 0.15) is 20.8 Å². The van der Waals surface area contributed by atoms with Gasteiger partial charge in [0.15, 0.2) is 0 Å². The second-order valence-corrected chi connectivity index (χ2v) is 5.00. The number of hydrogen-bond donors (Lipinski definition) is 1. The third kappa shape index (κ3) is 4.24. The second kappa shape index (κ2) is 5.51. The van der Waals surface area contributed by atoms with Crippen molar-refractivity contribution in [2.75, 3.05) is 6.54 Å². The van der Waals surface area contributed by atoms with Gasteiger partial charge in [0, 0.05) is 12.2 Å². The topological polar surface area (TPSA) is 29.9 Å². The van der Waals surface area contributed by atoms with Gasteiger partial charge >= 0.3 is 0 Å². The largest absolute Gasteiger partial charge is 0.312 e. The lowest BCUT2D eigenvalue weighted by Gasteiger charge is -2.15. The lowest BCUT2D eigenvalue weighted by Crippen LogP contribution is -2.33. The summed E-state index contributed by atoms with van der Waals surface area (Å²) < 4.78 is 2.98. The van der Waals surface area contributed by atoms with Gasteiger partial charge in [-0.25, -0.2) is 0 Å². The third-order valence-electron chi connectivity index (χ3n) is 1.94. The molecule has 0 fully saturated rings. The summed E-state index contributed by atoms with van der Waals surface area (Å²) in [5.41, 5.74) is 0. The summed E-state index contributed by atoms with van der Waals surface area (Å²) in [6.07, 6.45) is 3.81. The summed E-state index contributed by atoms with van der Waals surface area (Å²) in [6.45, 7) is 8.58. The van der Waals surface area contributed by atoms with Crippen molar-refractivity contribution < 1.29 is 0 Å². The minimum atomic E-state index is 0.462. The molecular weight excluding hydrogens is 242 g/mol. The van der Waals surface area contributed by atoms with E-state index in [0.717, 1.165) is 17.6 Å². The summed E-state index contributed by atoms with van der Waals surface area (Å²) in [7, 11) is 0. The normalized spacial score (nSPS) is 13.5. The van der Waals surface area contributed by atoms with E-state index in [4.69, 9.17) is 0 Å². The van der Waals surface area contributed by atoms with Crippen molar-refractivity contribution >= 4 is 15.9 Å². The Morgan fingerprint density at radius 1 is 1.50 bits per heavy atom. The Bertz CT molecular complexity index is 270. The minimum Gasteiger partial charge on any atom is -0.312 e. The first-order valence-electron chi connectivity index (χ1n) is 4.99. The van der Waals surface area contributed by atoms with Crippen LogP contribution in [0.15, 0.2) is 16.9 Å². The average molecular weight is 260 g/mol. The predicted molar refractivity (Wildman–Crippen MR) is 62.2 cm³/mol. The molecule has 4 heteroatoms. The molecule has 0 aliphatic carbocycles. The monoisotopic (exact) mass is 259 g/mol. The maximum Gasteiger partial charge on any atom is 0.0632 e. The molecule has 0 aromatic carbocycles. The van der Waals surface area contributed by atoms with Gasteiger partial charge < -0.3 is 5.32 Å². The van der Waals surface area contributed by atoms with Gasteiger partial charge in [-0.1, -0.05) is 13.8 Å². The fourth-order valence-electron chi connectivity index (χ4n) is 1.22. The van der Waals surface area contributed by atoms with E-state index in [1.807, 2.05) is 17.1 Å². The molecule has 3 nitrogen and oxygen atoms in total. The van der Waals surface area contributed by atoms with Crippen molar-refractivity contribution in [3.8, 4) is 0 Å². The number of nitrogens with one attached hydrogen (secondary N) is 1. The van der Waals surface area contributed by atoms with Crippen LogP contribution < -0.4 is 5.32 Å². The molecule has 1 aromatic rings. The summed E-state index contributed by atoms with van der Waals surface area (Å²) >= 11 is 3.38. The van der Waals surface area contributed by atoms with Gasteiger partial charge in [-0.3, -0.25) is 4.68 Å². The van der Waals surface area contributed by atoms with Crippen molar-refractivity contribution in [2.24, 2.45) is 5.92 Å². The predicted octanol–water partition coefficient (Wildman–Crippen LogP) is 2.28. The van der Waals surface area contributed by atoms with Crippen molar-refractivity contribution in [3.05, 3.63) is 16.9 Å². The van der Waals surface area contributed by atoms with E-state index in [9.17, 15) is 0 Å². The van der Waals surface area contributed by atoms with E-state index in [1.165, 1.54) is 0 Å². The van der Waals surface area contributed by atoms with E-state index in [-0.39, 0.29) is 0 Å². The van der Waals surface area contributed by atoms with Crippen molar-refractivity contribution in [1.29, 1.82) is 0 Å². The lowest BCUT2D eigenvalue weighted by molar-refractivity contribution is 0.423. The van der Waals surface area contributed by atoms with E-state index in [1.54, 1.807) is 0 Å². The molecule has 1 aromatic heterocycles. The van der Waals surface area contributed by atoms with E-state index in [2.05, 4.69) is 47.1 Å². The molecule has 14 heavy (non-hydrogen) atoms. The highest BCUT2D eigenvalue weighted by molar-refractivity contribution is 9.10. The van der Waals surface area contributed by atoms with Gasteiger partial charge in [0.1, 0.15) is 0 Å². The van der Waals surface area contributed by atoms with Crippen LogP contribution in [0.3, 0.4) is 0 Å². The summed E-state index contributed by atoms with van der Waals surface area (Å²) in [6, 6.07) is 0.462. The zero-order valence-electron chi connectivity index (χ0n) is 9.00. The van der Waals surface area contributed by atoms with E-state index >= 15 is 0 Å².